The zero-order valence-corrected chi connectivity index (χ0v) is 23.1. The third kappa shape index (κ3) is 7.53. The molecule has 10 nitrogen and oxygen atoms in total. The van der Waals surface area contributed by atoms with E-state index >= 15 is 0 Å². The number of carbonyl (C=O) groups is 2. The zero-order valence-electron chi connectivity index (χ0n) is 23.1. The second kappa shape index (κ2) is 14.5. The number of nitrogens with one attached hydrogen (secondary N) is 2. The molecule has 1 aliphatic rings. The standard InChI is InChI=1S/C31H37N3O7/c1-2-39-31-20(11-9-17-35)22(23-19-40-26-14-6-3-10-21(26)29(23)37)18-27(41-31)30(38)33-16-8-7-15-28(36)34-25-13-5-4-12-24(25)32/h3-6,10,12-14,18-20,22,31,35H,2,7-9,11,15-17,32H2,1H3,(H,33,38)(H,34,36)/t20-,22-,31+/m1/s1. The number of carbonyl (C=O) groups excluding carboxylic acids is 2. The van der Waals surface area contributed by atoms with E-state index in [-0.39, 0.29) is 36.0 Å². The van der Waals surface area contributed by atoms with Crippen molar-refractivity contribution in [3.8, 4) is 0 Å². The summed E-state index contributed by atoms with van der Waals surface area (Å²) in [6, 6.07) is 14.1. The maximum absolute atomic E-state index is 13.5. The molecule has 0 bridgehead atoms. The molecule has 4 rings (SSSR count). The Bertz CT molecular complexity index is 1430. The van der Waals surface area contributed by atoms with E-state index in [4.69, 9.17) is 19.6 Å². The van der Waals surface area contributed by atoms with E-state index in [1.54, 1.807) is 54.6 Å². The lowest BCUT2D eigenvalue weighted by molar-refractivity contribution is -0.166. The molecular formula is C31H37N3O7. The first kappa shape index (κ1) is 29.8. The van der Waals surface area contributed by atoms with Gasteiger partial charge in [0.15, 0.2) is 11.2 Å². The molecule has 0 spiro atoms. The quantitative estimate of drug-likeness (QED) is 0.179. The fourth-order valence-electron chi connectivity index (χ4n) is 4.97. The van der Waals surface area contributed by atoms with Crippen LogP contribution in [0.4, 0.5) is 11.4 Å². The summed E-state index contributed by atoms with van der Waals surface area (Å²) < 4.78 is 17.6. The second-order valence-electron chi connectivity index (χ2n) is 9.89. The van der Waals surface area contributed by atoms with Crippen molar-refractivity contribution in [2.75, 3.05) is 30.8 Å². The van der Waals surface area contributed by atoms with Gasteiger partial charge in [-0.3, -0.25) is 14.4 Å². The number of anilines is 2. The van der Waals surface area contributed by atoms with Crippen molar-refractivity contribution in [2.24, 2.45) is 5.92 Å². The molecule has 0 saturated carbocycles. The molecule has 218 valence electrons. The number of rotatable bonds is 13. The number of fused-ring (bicyclic) bond motifs is 1. The molecule has 0 radical (unpaired) electrons. The number of aliphatic hydroxyl groups excluding tert-OH is 1. The SMILES string of the molecule is CCO[C@H]1OC(C(=O)NCCCCC(=O)Nc2ccccc2N)=C[C@@H](c2coc3ccccc3c2=O)[C@H]1CCCO. The second-order valence-corrected chi connectivity index (χ2v) is 9.89. The fourth-order valence-corrected chi connectivity index (χ4v) is 4.97. The zero-order chi connectivity index (χ0) is 29.2. The topological polar surface area (TPSA) is 153 Å². The van der Waals surface area contributed by atoms with E-state index < -0.39 is 18.1 Å². The summed E-state index contributed by atoms with van der Waals surface area (Å²) in [4.78, 5) is 38.8. The Morgan fingerprint density at radius 3 is 2.63 bits per heavy atom. The molecule has 2 heterocycles. The van der Waals surface area contributed by atoms with Crippen LogP contribution >= 0.6 is 0 Å². The van der Waals surface area contributed by atoms with Crippen molar-refractivity contribution >= 4 is 34.2 Å². The van der Waals surface area contributed by atoms with Gasteiger partial charge in [-0.1, -0.05) is 24.3 Å². The minimum atomic E-state index is -0.790. The van der Waals surface area contributed by atoms with Crippen molar-refractivity contribution in [3.05, 3.63) is 82.4 Å². The highest BCUT2D eigenvalue weighted by molar-refractivity contribution is 5.94. The molecule has 2 amide bonds. The summed E-state index contributed by atoms with van der Waals surface area (Å²) >= 11 is 0. The van der Waals surface area contributed by atoms with Crippen LogP contribution in [0, 0.1) is 5.92 Å². The molecule has 5 N–H and O–H groups in total. The maximum atomic E-state index is 13.5. The van der Waals surface area contributed by atoms with Crippen LogP contribution in [0.2, 0.25) is 0 Å². The number of hydrogen-bond donors (Lipinski definition) is 4. The first-order valence-electron chi connectivity index (χ1n) is 14.0. The molecule has 0 fully saturated rings. The lowest BCUT2D eigenvalue weighted by Crippen LogP contribution is -2.40. The van der Waals surface area contributed by atoms with E-state index in [1.165, 1.54) is 6.26 Å². The third-order valence-electron chi connectivity index (χ3n) is 7.05. The number of nitrogen functional groups attached to an aromatic ring is 1. The molecule has 0 aliphatic carbocycles. The Balaban J connectivity index is 1.44. The van der Waals surface area contributed by atoms with Crippen LogP contribution in [-0.4, -0.2) is 43.0 Å². The van der Waals surface area contributed by atoms with Crippen LogP contribution < -0.4 is 21.8 Å². The van der Waals surface area contributed by atoms with E-state index in [2.05, 4.69) is 10.6 Å². The van der Waals surface area contributed by atoms with Gasteiger partial charge in [0.05, 0.1) is 23.0 Å². The van der Waals surface area contributed by atoms with Crippen molar-refractivity contribution in [1.29, 1.82) is 0 Å². The maximum Gasteiger partial charge on any atom is 0.286 e. The Kier molecular flexibility index (Phi) is 10.5. The summed E-state index contributed by atoms with van der Waals surface area (Å²) in [5.74, 6) is -1.38. The smallest absolute Gasteiger partial charge is 0.286 e. The summed E-state index contributed by atoms with van der Waals surface area (Å²) in [5, 5.41) is 15.6. The van der Waals surface area contributed by atoms with Gasteiger partial charge < -0.3 is 35.4 Å². The highest BCUT2D eigenvalue weighted by atomic mass is 16.7. The average molecular weight is 564 g/mol. The first-order valence-corrected chi connectivity index (χ1v) is 14.0. The van der Waals surface area contributed by atoms with Gasteiger partial charge in [0.2, 0.25) is 12.2 Å². The van der Waals surface area contributed by atoms with Gasteiger partial charge in [0.25, 0.3) is 5.91 Å². The van der Waals surface area contributed by atoms with Gasteiger partial charge >= 0.3 is 0 Å². The first-order chi connectivity index (χ1) is 19.9. The molecule has 0 unspecified atom stereocenters. The largest absolute Gasteiger partial charge is 0.464 e. The van der Waals surface area contributed by atoms with Gasteiger partial charge in [0.1, 0.15) is 5.58 Å². The van der Waals surface area contributed by atoms with Crippen LogP contribution in [0.15, 0.2) is 75.8 Å². The van der Waals surface area contributed by atoms with Crippen LogP contribution in [0.25, 0.3) is 11.0 Å². The Labute approximate surface area is 238 Å². The Morgan fingerprint density at radius 1 is 1.07 bits per heavy atom. The highest BCUT2D eigenvalue weighted by Crippen LogP contribution is 2.38. The number of ether oxygens (including phenoxy) is 2. The number of benzene rings is 2. The number of allylic oxidation sites excluding steroid dienone is 1. The number of aliphatic hydroxyl groups is 1. The van der Waals surface area contributed by atoms with Gasteiger partial charge in [-0.15, -0.1) is 0 Å². The van der Waals surface area contributed by atoms with Crippen molar-refractivity contribution < 1.29 is 28.6 Å². The van der Waals surface area contributed by atoms with E-state index in [9.17, 15) is 19.5 Å². The predicted octanol–water partition coefficient (Wildman–Crippen LogP) is 4.05. The number of hydrogen-bond acceptors (Lipinski definition) is 8. The summed E-state index contributed by atoms with van der Waals surface area (Å²) in [7, 11) is 0. The molecule has 3 atom stereocenters. The Hall–Kier alpha value is -4.15. The lowest BCUT2D eigenvalue weighted by Gasteiger charge is -2.36. The van der Waals surface area contributed by atoms with Crippen LogP contribution in [0.5, 0.6) is 0 Å². The van der Waals surface area contributed by atoms with Gasteiger partial charge in [-0.05, 0) is 62.9 Å². The van der Waals surface area contributed by atoms with E-state index in [1.807, 2.05) is 6.92 Å². The van der Waals surface area contributed by atoms with Crippen LogP contribution in [-0.2, 0) is 19.1 Å². The molecule has 10 heteroatoms. The van der Waals surface area contributed by atoms with Gasteiger partial charge in [0, 0.05) is 43.6 Å². The van der Waals surface area contributed by atoms with E-state index in [0.29, 0.717) is 66.7 Å². The summed E-state index contributed by atoms with van der Waals surface area (Å²) in [5.41, 5.74) is 7.63. The lowest BCUT2D eigenvalue weighted by atomic mass is 9.81. The molecule has 3 aromatic rings. The number of unbranched alkanes of at least 4 members (excludes halogenated alkanes) is 1. The van der Waals surface area contributed by atoms with Crippen molar-refractivity contribution in [1.82, 2.24) is 5.32 Å². The minimum absolute atomic E-state index is 0.0256. The molecule has 1 aliphatic heterocycles. The minimum Gasteiger partial charge on any atom is -0.464 e. The molecule has 41 heavy (non-hydrogen) atoms. The molecule has 0 saturated heterocycles. The summed E-state index contributed by atoms with van der Waals surface area (Å²) in [6.07, 6.45) is 4.70. The van der Waals surface area contributed by atoms with Gasteiger partial charge in [-0.2, -0.15) is 0 Å². The van der Waals surface area contributed by atoms with Gasteiger partial charge in [-0.25, -0.2) is 0 Å². The third-order valence-corrected chi connectivity index (χ3v) is 7.05. The van der Waals surface area contributed by atoms with E-state index in [0.717, 1.165) is 0 Å². The monoisotopic (exact) mass is 563 g/mol. The number of nitrogens with two attached hydrogens (primary N) is 1. The normalized spacial score (nSPS) is 18.4. The van der Waals surface area contributed by atoms with Crippen molar-refractivity contribution in [2.45, 2.75) is 51.2 Å². The molecule has 2 aromatic carbocycles. The van der Waals surface area contributed by atoms with Crippen LogP contribution in [0.3, 0.4) is 0 Å². The number of amides is 2. The highest BCUT2D eigenvalue weighted by Gasteiger charge is 2.39. The fraction of sp³-hybridized carbons (Fsp3) is 0.387. The van der Waals surface area contributed by atoms with Crippen molar-refractivity contribution in [3.63, 3.8) is 0 Å². The summed E-state index contributed by atoms with van der Waals surface area (Å²) in [6.45, 7) is 2.47. The molecular weight excluding hydrogens is 526 g/mol. The Morgan fingerprint density at radius 2 is 1.85 bits per heavy atom. The predicted molar refractivity (Wildman–Crippen MR) is 156 cm³/mol. The number of para-hydroxylation sites is 3. The molecule has 1 aromatic heterocycles. The van der Waals surface area contributed by atoms with Crippen LogP contribution in [0.1, 0.15) is 50.5 Å². The average Bonchev–Trinajstić information content (AvgIpc) is 2.97.